The molecule has 1 aliphatic carbocycles. The van der Waals surface area contributed by atoms with Crippen LogP contribution in [0.3, 0.4) is 0 Å². The maximum absolute atomic E-state index is 13.8. The van der Waals surface area contributed by atoms with Gasteiger partial charge in [0.15, 0.2) is 0 Å². The Balaban J connectivity index is 1.06. The summed E-state index contributed by atoms with van der Waals surface area (Å²) in [6, 6.07) is 26.5. The van der Waals surface area contributed by atoms with E-state index in [4.69, 9.17) is 0 Å². The molecule has 0 unspecified atom stereocenters. The molecule has 2 atom stereocenters. The molecule has 1 fully saturated rings. The highest BCUT2D eigenvalue weighted by atomic mass is 16.2. The summed E-state index contributed by atoms with van der Waals surface area (Å²) in [6.07, 6.45) is 3.66. The number of hydrogen-bond acceptors (Lipinski definition) is 6. The Kier molecular flexibility index (Phi) is 12.1. The van der Waals surface area contributed by atoms with Crippen LogP contribution in [0.2, 0.25) is 0 Å². The van der Waals surface area contributed by atoms with Gasteiger partial charge >= 0.3 is 0 Å². The first-order valence-electron chi connectivity index (χ1n) is 18.4. The largest absolute Gasteiger partial charge is 0.350 e. The zero-order valence-electron chi connectivity index (χ0n) is 30.1. The van der Waals surface area contributed by atoms with E-state index in [0.29, 0.717) is 51.0 Å². The second-order valence-electron chi connectivity index (χ2n) is 13.7. The fourth-order valence-electron chi connectivity index (χ4n) is 7.23. The Morgan fingerprint density at radius 1 is 0.769 bits per heavy atom. The highest BCUT2D eigenvalue weighted by Gasteiger charge is 2.35. The average molecular weight is 704 g/mol. The number of piperazine rings is 1. The molecule has 1 aromatic heterocycles. The summed E-state index contributed by atoms with van der Waals surface area (Å²) in [7, 11) is 0. The molecule has 1 aliphatic heterocycles. The highest BCUT2D eigenvalue weighted by molar-refractivity contribution is 5.96. The van der Waals surface area contributed by atoms with Gasteiger partial charge in [0, 0.05) is 64.9 Å². The van der Waals surface area contributed by atoms with Crippen molar-refractivity contribution < 1.29 is 19.2 Å². The maximum atomic E-state index is 13.8. The number of amides is 4. The standard InChI is InChI=1S/C41H49N7O4/c1-3-37(49)44-35(41(52)47-22-20-46(21-23-47)28-31-10-6-5-7-11-31)24-29-14-16-30(17-15-29)27-42-40(51)38(34-25-32-12-8-9-13-33(32)26-34)45-39(50)36-18-19-43-48(36)4-2/h5-19,34-35,38H,3-4,20-28H2,1-2H3,(H,42,51)(H,44,49)(H,45,50)/t35-,38+/m1/s1. The predicted octanol–water partition coefficient (Wildman–Crippen LogP) is 3.51. The summed E-state index contributed by atoms with van der Waals surface area (Å²) in [5, 5.41) is 13.3. The Morgan fingerprint density at radius 3 is 2.08 bits per heavy atom. The lowest BCUT2D eigenvalue weighted by Crippen LogP contribution is -2.55. The molecule has 52 heavy (non-hydrogen) atoms. The van der Waals surface area contributed by atoms with Crippen molar-refractivity contribution in [1.29, 1.82) is 0 Å². The summed E-state index contributed by atoms with van der Waals surface area (Å²) in [5.74, 6) is -0.878. The quantitative estimate of drug-likeness (QED) is 0.185. The lowest BCUT2D eigenvalue weighted by atomic mass is 9.95. The predicted molar refractivity (Wildman–Crippen MR) is 199 cm³/mol. The van der Waals surface area contributed by atoms with Gasteiger partial charge in [-0.3, -0.25) is 28.8 Å². The smallest absolute Gasteiger partial charge is 0.270 e. The fraction of sp³-hybridized carbons (Fsp3) is 0.390. The topological polar surface area (TPSA) is 129 Å². The van der Waals surface area contributed by atoms with Crippen molar-refractivity contribution in [3.8, 4) is 0 Å². The number of carbonyl (C=O) groups is 4. The van der Waals surface area contributed by atoms with Gasteiger partial charge in [-0.25, -0.2) is 0 Å². The molecule has 11 heteroatoms. The molecule has 1 saturated heterocycles. The Bertz CT molecular complexity index is 1810. The Morgan fingerprint density at radius 2 is 1.42 bits per heavy atom. The molecule has 0 spiro atoms. The van der Waals surface area contributed by atoms with Crippen LogP contribution in [0.4, 0.5) is 0 Å². The second-order valence-corrected chi connectivity index (χ2v) is 13.7. The van der Waals surface area contributed by atoms with E-state index in [1.54, 1.807) is 23.9 Å². The monoisotopic (exact) mass is 703 g/mol. The third-order valence-corrected chi connectivity index (χ3v) is 10.2. The first-order chi connectivity index (χ1) is 25.3. The fourth-order valence-corrected chi connectivity index (χ4v) is 7.23. The Labute approximate surface area is 305 Å². The van der Waals surface area contributed by atoms with Gasteiger partial charge in [-0.2, -0.15) is 5.10 Å². The van der Waals surface area contributed by atoms with E-state index in [2.05, 4.69) is 50.2 Å². The number of rotatable bonds is 14. The van der Waals surface area contributed by atoms with Crippen molar-refractivity contribution in [2.45, 2.75) is 71.2 Å². The average Bonchev–Trinajstić information content (AvgIpc) is 3.84. The van der Waals surface area contributed by atoms with Gasteiger partial charge in [0.1, 0.15) is 17.8 Å². The van der Waals surface area contributed by atoms with Gasteiger partial charge in [-0.15, -0.1) is 0 Å². The van der Waals surface area contributed by atoms with Crippen LogP contribution in [0.25, 0.3) is 0 Å². The minimum absolute atomic E-state index is 0.0679. The van der Waals surface area contributed by atoms with Crippen molar-refractivity contribution in [3.63, 3.8) is 0 Å². The first-order valence-corrected chi connectivity index (χ1v) is 18.4. The molecule has 0 bridgehead atoms. The van der Waals surface area contributed by atoms with Crippen molar-refractivity contribution in [1.82, 2.24) is 35.5 Å². The van der Waals surface area contributed by atoms with E-state index in [0.717, 1.165) is 30.8 Å². The molecule has 2 aliphatic rings. The lowest BCUT2D eigenvalue weighted by Gasteiger charge is -2.36. The normalized spacial score (nSPS) is 15.8. The van der Waals surface area contributed by atoms with E-state index in [1.165, 1.54) is 16.7 Å². The summed E-state index contributed by atoms with van der Waals surface area (Å²) in [6.45, 7) is 8.14. The van der Waals surface area contributed by atoms with Crippen molar-refractivity contribution in [2.24, 2.45) is 5.92 Å². The number of nitrogens with zero attached hydrogens (tertiary/aromatic N) is 4. The first kappa shape index (κ1) is 36.5. The summed E-state index contributed by atoms with van der Waals surface area (Å²) >= 11 is 0. The molecule has 2 heterocycles. The molecule has 3 N–H and O–H groups in total. The zero-order valence-corrected chi connectivity index (χ0v) is 30.1. The number of aromatic nitrogens is 2. The molecular weight excluding hydrogens is 654 g/mol. The molecule has 4 aromatic rings. The number of hydrogen-bond donors (Lipinski definition) is 3. The van der Waals surface area contributed by atoms with Gasteiger partial charge in [-0.1, -0.05) is 85.8 Å². The van der Waals surface area contributed by atoms with E-state index < -0.39 is 12.1 Å². The second kappa shape index (κ2) is 17.3. The maximum Gasteiger partial charge on any atom is 0.270 e. The van der Waals surface area contributed by atoms with Crippen molar-refractivity contribution >= 4 is 23.6 Å². The number of carbonyl (C=O) groups excluding carboxylic acids is 4. The molecule has 6 rings (SSSR count). The number of benzene rings is 3. The summed E-state index contributed by atoms with van der Waals surface area (Å²) in [5.41, 5.74) is 5.87. The number of nitrogens with one attached hydrogen (secondary N) is 3. The lowest BCUT2D eigenvalue weighted by molar-refractivity contribution is -0.138. The minimum atomic E-state index is -0.728. The molecule has 11 nitrogen and oxygen atoms in total. The molecule has 272 valence electrons. The van der Waals surface area contributed by atoms with E-state index in [1.807, 2.05) is 66.4 Å². The van der Waals surface area contributed by atoms with Crippen LogP contribution < -0.4 is 16.0 Å². The van der Waals surface area contributed by atoms with Gasteiger partial charge in [0.05, 0.1) is 0 Å². The Hall–Kier alpha value is -5.29. The van der Waals surface area contributed by atoms with E-state index in [9.17, 15) is 19.2 Å². The van der Waals surface area contributed by atoms with Crippen LogP contribution in [-0.4, -0.2) is 81.5 Å². The molecule has 3 aromatic carbocycles. The SMILES string of the molecule is CCC(=O)N[C@H](Cc1ccc(CNC(=O)[C@@H](NC(=O)c2ccnn2CC)C2Cc3ccccc3C2)cc1)C(=O)N1CCN(Cc2ccccc2)CC1. The van der Waals surface area contributed by atoms with Crippen LogP contribution in [-0.2, 0) is 53.3 Å². The molecule has 4 amide bonds. The third-order valence-electron chi connectivity index (χ3n) is 10.2. The van der Waals surface area contributed by atoms with Gasteiger partial charge in [-0.05, 0) is 59.6 Å². The minimum Gasteiger partial charge on any atom is -0.350 e. The van der Waals surface area contributed by atoms with Gasteiger partial charge in [0.2, 0.25) is 17.7 Å². The number of fused-ring (bicyclic) bond motifs is 1. The molecule has 0 saturated carbocycles. The van der Waals surface area contributed by atoms with Crippen LogP contribution >= 0.6 is 0 Å². The van der Waals surface area contributed by atoms with Crippen LogP contribution in [0.1, 0.15) is 58.6 Å². The molecule has 0 radical (unpaired) electrons. The van der Waals surface area contributed by atoms with E-state index >= 15 is 0 Å². The van der Waals surface area contributed by atoms with Gasteiger partial charge in [0.25, 0.3) is 5.91 Å². The van der Waals surface area contributed by atoms with Crippen molar-refractivity contribution in [3.05, 3.63) is 125 Å². The van der Waals surface area contributed by atoms with Gasteiger partial charge < -0.3 is 20.9 Å². The van der Waals surface area contributed by atoms with E-state index in [-0.39, 0.29) is 36.1 Å². The summed E-state index contributed by atoms with van der Waals surface area (Å²) in [4.78, 5) is 57.5. The molecular formula is C41H49N7O4. The highest BCUT2D eigenvalue weighted by Crippen LogP contribution is 2.29. The zero-order chi connectivity index (χ0) is 36.5. The van der Waals surface area contributed by atoms with Crippen LogP contribution in [0.5, 0.6) is 0 Å². The number of aryl methyl sites for hydroxylation is 1. The van der Waals surface area contributed by atoms with Crippen LogP contribution in [0, 0.1) is 5.92 Å². The van der Waals surface area contributed by atoms with Crippen molar-refractivity contribution in [2.75, 3.05) is 26.2 Å². The third kappa shape index (κ3) is 9.13. The van der Waals surface area contributed by atoms with Crippen LogP contribution in [0.15, 0.2) is 91.1 Å². The summed E-state index contributed by atoms with van der Waals surface area (Å²) < 4.78 is 1.62.